The largest absolute Gasteiger partial charge is 0.352 e. The van der Waals surface area contributed by atoms with Crippen molar-refractivity contribution in [3.63, 3.8) is 0 Å². The predicted octanol–water partition coefficient (Wildman–Crippen LogP) is 5.83. The molecule has 0 spiro atoms. The number of amides is 2. The summed E-state index contributed by atoms with van der Waals surface area (Å²) in [7, 11) is -4.16. The van der Waals surface area contributed by atoms with Crippen LogP contribution in [-0.4, -0.2) is 43.8 Å². The summed E-state index contributed by atoms with van der Waals surface area (Å²) in [6.45, 7) is 6.89. The number of carbonyl (C=O) groups excluding carboxylic acids is 2. The second-order valence-electron chi connectivity index (χ2n) is 9.45. The highest BCUT2D eigenvalue weighted by Crippen LogP contribution is 2.26. The van der Waals surface area contributed by atoms with Crippen molar-refractivity contribution < 1.29 is 18.0 Å². The molecule has 208 valence electrons. The second-order valence-corrected chi connectivity index (χ2v) is 12.2. The van der Waals surface area contributed by atoms with Crippen LogP contribution in [0.2, 0.25) is 10.0 Å². The summed E-state index contributed by atoms with van der Waals surface area (Å²) in [6.07, 6.45) is 0.723. The molecule has 0 saturated carbocycles. The average molecular weight is 591 g/mol. The molecular formula is C29H33Cl2N3O4S. The fourth-order valence-electron chi connectivity index (χ4n) is 3.85. The van der Waals surface area contributed by atoms with E-state index in [4.69, 9.17) is 23.2 Å². The molecule has 39 heavy (non-hydrogen) atoms. The first kappa shape index (κ1) is 30.5. The Morgan fingerprint density at radius 2 is 1.56 bits per heavy atom. The molecule has 2 atom stereocenters. The molecule has 3 aromatic rings. The fourth-order valence-corrected chi connectivity index (χ4v) is 5.61. The van der Waals surface area contributed by atoms with Gasteiger partial charge in [-0.1, -0.05) is 60.0 Å². The number of anilines is 1. The van der Waals surface area contributed by atoms with Crippen molar-refractivity contribution in [3.05, 3.63) is 94.0 Å². The molecule has 2 amide bonds. The Kier molecular flexibility index (Phi) is 10.4. The maximum Gasteiger partial charge on any atom is 0.264 e. The number of carbonyl (C=O) groups is 2. The van der Waals surface area contributed by atoms with Gasteiger partial charge in [0.15, 0.2) is 0 Å². The topological polar surface area (TPSA) is 86.8 Å². The normalized spacial score (nSPS) is 12.9. The number of nitrogens with one attached hydrogen (secondary N) is 1. The Morgan fingerprint density at radius 1 is 0.923 bits per heavy atom. The second kappa shape index (κ2) is 13.3. The number of hydrogen-bond donors (Lipinski definition) is 1. The van der Waals surface area contributed by atoms with Crippen molar-refractivity contribution in [3.8, 4) is 0 Å². The maximum atomic E-state index is 13.9. The minimum Gasteiger partial charge on any atom is -0.352 e. The van der Waals surface area contributed by atoms with Crippen molar-refractivity contribution in [1.29, 1.82) is 0 Å². The minimum atomic E-state index is -4.16. The van der Waals surface area contributed by atoms with Gasteiger partial charge in [-0.2, -0.15) is 0 Å². The molecule has 0 saturated heterocycles. The zero-order valence-corrected chi connectivity index (χ0v) is 24.7. The molecule has 0 radical (unpaired) electrons. The molecule has 0 fully saturated rings. The van der Waals surface area contributed by atoms with E-state index in [1.165, 1.54) is 29.2 Å². The van der Waals surface area contributed by atoms with Crippen molar-refractivity contribution in [1.82, 2.24) is 10.2 Å². The van der Waals surface area contributed by atoms with Gasteiger partial charge >= 0.3 is 0 Å². The van der Waals surface area contributed by atoms with E-state index in [2.05, 4.69) is 5.32 Å². The van der Waals surface area contributed by atoms with Gasteiger partial charge in [-0.05, 0) is 81.3 Å². The van der Waals surface area contributed by atoms with E-state index in [0.717, 1.165) is 16.3 Å². The number of aryl methyl sites for hydroxylation is 1. The lowest BCUT2D eigenvalue weighted by Crippen LogP contribution is -2.52. The van der Waals surface area contributed by atoms with Gasteiger partial charge in [-0.3, -0.25) is 13.9 Å². The Hall–Kier alpha value is -3.07. The van der Waals surface area contributed by atoms with Crippen molar-refractivity contribution in [2.24, 2.45) is 0 Å². The number of halogens is 2. The van der Waals surface area contributed by atoms with E-state index in [0.29, 0.717) is 21.3 Å². The van der Waals surface area contributed by atoms with Crippen LogP contribution in [-0.2, 0) is 26.2 Å². The third kappa shape index (κ3) is 7.97. The summed E-state index contributed by atoms with van der Waals surface area (Å²) < 4.78 is 28.6. The number of nitrogens with zero attached hydrogens (tertiary/aromatic N) is 2. The first-order chi connectivity index (χ1) is 18.4. The molecule has 0 aromatic heterocycles. The predicted molar refractivity (Wildman–Crippen MR) is 157 cm³/mol. The van der Waals surface area contributed by atoms with Crippen LogP contribution in [0.15, 0.2) is 77.7 Å². The average Bonchev–Trinajstić information content (AvgIpc) is 2.90. The fraction of sp³-hybridized carbons (Fsp3) is 0.310. The molecule has 0 aliphatic carbocycles. The third-order valence-corrected chi connectivity index (χ3v) is 8.69. The van der Waals surface area contributed by atoms with E-state index >= 15 is 0 Å². The highest BCUT2D eigenvalue weighted by molar-refractivity contribution is 7.92. The quantitative estimate of drug-likeness (QED) is 0.305. The van der Waals surface area contributed by atoms with E-state index < -0.39 is 28.5 Å². The number of benzene rings is 3. The Labute approximate surface area is 240 Å². The lowest BCUT2D eigenvalue weighted by Gasteiger charge is -2.32. The smallest absolute Gasteiger partial charge is 0.264 e. The SMILES string of the molecule is CC[C@H](C)NC(=O)[C@@H](C)N(Cc1cccc(Cl)c1)C(=O)CN(c1ccc(C)cc1)S(=O)(=O)c1ccc(Cl)cc1. The van der Waals surface area contributed by atoms with Crippen LogP contribution < -0.4 is 9.62 Å². The van der Waals surface area contributed by atoms with Gasteiger partial charge in [-0.25, -0.2) is 8.42 Å². The van der Waals surface area contributed by atoms with E-state index in [-0.39, 0.29) is 23.4 Å². The van der Waals surface area contributed by atoms with Gasteiger partial charge in [0.05, 0.1) is 10.6 Å². The summed E-state index contributed by atoms with van der Waals surface area (Å²) in [5.41, 5.74) is 1.97. The summed E-state index contributed by atoms with van der Waals surface area (Å²) in [5.74, 6) is -0.873. The molecular weight excluding hydrogens is 557 g/mol. The monoisotopic (exact) mass is 589 g/mol. The van der Waals surface area contributed by atoms with Gasteiger partial charge in [0.2, 0.25) is 11.8 Å². The van der Waals surface area contributed by atoms with Crippen LogP contribution in [0.4, 0.5) is 5.69 Å². The van der Waals surface area contributed by atoms with Gasteiger partial charge in [0.25, 0.3) is 10.0 Å². The van der Waals surface area contributed by atoms with Crippen LogP contribution in [0.3, 0.4) is 0 Å². The Balaban J connectivity index is 2.02. The third-order valence-electron chi connectivity index (χ3n) is 6.41. The molecule has 1 N–H and O–H groups in total. The molecule has 0 aliphatic heterocycles. The zero-order valence-electron chi connectivity index (χ0n) is 22.4. The highest BCUT2D eigenvalue weighted by atomic mass is 35.5. The molecule has 0 heterocycles. The van der Waals surface area contributed by atoms with Crippen LogP contribution in [0, 0.1) is 6.92 Å². The first-order valence-corrected chi connectivity index (χ1v) is 14.8. The molecule has 0 bridgehead atoms. The molecule has 0 unspecified atom stereocenters. The summed E-state index contributed by atoms with van der Waals surface area (Å²) in [6, 6.07) is 18.6. The molecule has 0 aliphatic rings. The molecule has 7 nitrogen and oxygen atoms in total. The van der Waals surface area contributed by atoms with E-state index in [1.807, 2.05) is 20.8 Å². The van der Waals surface area contributed by atoms with Gasteiger partial charge < -0.3 is 10.2 Å². The van der Waals surface area contributed by atoms with Crippen LogP contribution in [0.25, 0.3) is 0 Å². The molecule has 3 aromatic carbocycles. The summed E-state index contributed by atoms with van der Waals surface area (Å²) >= 11 is 12.2. The Morgan fingerprint density at radius 3 is 2.15 bits per heavy atom. The zero-order chi connectivity index (χ0) is 28.7. The van der Waals surface area contributed by atoms with Crippen molar-refractivity contribution in [2.75, 3.05) is 10.8 Å². The molecule has 10 heteroatoms. The Bertz CT molecular complexity index is 1400. The maximum absolute atomic E-state index is 13.9. The first-order valence-electron chi connectivity index (χ1n) is 12.6. The summed E-state index contributed by atoms with van der Waals surface area (Å²) in [5, 5.41) is 3.79. The van der Waals surface area contributed by atoms with Crippen LogP contribution >= 0.6 is 23.2 Å². The van der Waals surface area contributed by atoms with Crippen molar-refractivity contribution in [2.45, 2.75) is 57.6 Å². The van der Waals surface area contributed by atoms with E-state index in [9.17, 15) is 18.0 Å². The number of hydrogen-bond acceptors (Lipinski definition) is 4. The van der Waals surface area contributed by atoms with Crippen molar-refractivity contribution >= 4 is 50.7 Å². The summed E-state index contributed by atoms with van der Waals surface area (Å²) in [4.78, 5) is 28.4. The molecule has 3 rings (SSSR count). The van der Waals surface area contributed by atoms with Gasteiger partial charge in [0.1, 0.15) is 12.6 Å². The van der Waals surface area contributed by atoms with Gasteiger partial charge in [-0.15, -0.1) is 0 Å². The lowest BCUT2D eigenvalue weighted by atomic mass is 10.1. The number of rotatable bonds is 11. The van der Waals surface area contributed by atoms with Crippen LogP contribution in [0.5, 0.6) is 0 Å². The standard InChI is InChI=1S/C29H33Cl2N3O4S/c1-5-21(3)32-29(36)22(4)33(18-23-7-6-8-25(31)17-23)28(35)19-34(26-13-9-20(2)10-14-26)39(37,38)27-15-11-24(30)12-16-27/h6-17,21-22H,5,18-19H2,1-4H3,(H,32,36)/t21-,22+/m0/s1. The van der Waals surface area contributed by atoms with E-state index in [1.54, 1.807) is 55.5 Å². The highest BCUT2D eigenvalue weighted by Gasteiger charge is 2.32. The minimum absolute atomic E-state index is 0.00997. The lowest BCUT2D eigenvalue weighted by molar-refractivity contribution is -0.139. The van der Waals surface area contributed by atoms with Crippen LogP contribution in [0.1, 0.15) is 38.3 Å². The number of sulfonamides is 1. The van der Waals surface area contributed by atoms with Gasteiger partial charge in [0, 0.05) is 22.6 Å².